The van der Waals surface area contributed by atoms with Crippen LogP contribution in [-0.2, 0) is 6.54 Å². The summed E-state index contributed by atoms with van der Waals surface area (Å²) < 4.78 is 13.2. The van der Waals surface area contributed by atoms with Crippen molar-refractivity contribution in [2.45, 2.75) is 26.0 Å². The summed E-state index contributed by atoms with van der Waals surface area (Å²) in [7, 11) is 0. The Morgan fingerprint density at radius 1 is 1.60 bits per heavy atom. The number of pyridine rings is 1. The molecular weight excluding hydrogens is 219 g/mol. The van der Waals surface area contributed by atoms with E-state index < -0.39 is 11.9 Å². The van der Waals surface area contributed by atoms with Gasteiger partial charge < -0.3 is 10.4 Å². The summed E-state index contributed by atoms with van der Waals surface area (Å²) >= 11 is 5.63. The van der Waals surface area contributed by atoms with Gasteiger partial charge in [-0.3, -0.25) is 0 Å². The SMILES string of the molecule is CC[C@H](O)CNCc1nc(Cl)ccc1F. The van der Waals surface area contributed by atoms with E-state index in [0.29, 0.717) is 13.0 Å². The number of hydrogen-bond acceptors (Lipinski definition) is 3. The monoisotopic (exact) mass is 232 g/mol. The van der Waals surface area contributed by atoms with E-state index in [1.807, 2.05) is 6.92 Å². The van der Waals surface area contributed by atoms with Gasteiger partial charge in [0.1, 0.15) is 11.0 Å². The molecule has 0 bridgehead atoms. The van der Waals surface area contributed by atoms with Gasteiger partial charge in [-0.1, -0.05) is 18.5 Å². The number of rotatable bonds is 5. The highest BCUT2D eigenvalue weighted by Crippen LogP contribution is 2.09. The summed E-state index contributed by atoms with van der Waals surface area (Å²) in [5.74, 6) is -0.391. The largest absolute Gasteiger partial charge is 0.392 e. The first-order valence-electron chi connectivity index (χ1n) is 4.83. The molecule has 0 aliphatic heterocycles. The highest BCUT2D eigenvalue weighted by Gasteiger charge is 2.05. The summed E-state index contributed by atoms with van der Waals surface area (Å²) in [6.45, 7) is 2.57. The second-order valence-corrected chi connectivity index (χ2v) is 3.64. The van der Waals surface area contributed by atoms with Crippen LogP contribution in [0.4, 0.5) is 4.39 Å². The fourth-order valence-corrected chi connectivity index (χ4v) is 1.25. The average Bonchev–Trinajstić information content (AvgIpc) is 2.23. The van der Waals surface area contributed by atoms with Gasteiger partial charge in [-0.15, -0.1) is 0 Å². The average molecular weight is 233 g/mol. The van der Waals surface area contributed by atoms with E-state index in [9.17, 15) is 9.50 Å². The molecule has 1 aromatic heterocycles. The molecule has 2 N–H and O–H groups in total. The maximum atomic E-state index is 13.2. The van der Waals surface area contributed by atoms with Crippen LogP contribution in [0.1, 0.15) is 19.0 Å². The first-order valence-corrected chi connectivity index (χ1v) is 5.21. The molecule has 15 heavy (non-hydrogen) atoms. The van der Waals surface area contributed by atoms with Gasteiger partial charge in [0.05, 0.1) is 11.8 Å². The van der Waals surface area contributed by atoms with Crippen molar-refractivity contribution < 1.29 is 9.50 Å². The van der Waals surface area contributed by atoms with Crippen molar-refractivity contribution >= 4 is 11.6 Å². The molecule has 0 fully saturated rings. The zero-order valence-corrected chi connectivity index (χ0v) is 9.26. The Hall–Kier alpha value is -0.710. The minimum absolute atomic E-state index is 0.267. The van der Waals surface area contributed by atoms with Crippen LogP contribution in [0.3, 0.4) is 0 Å². The van der Waals surface area contributed by atoms with Crippen molar-refractivity contribution in [3.8, 4) is 0 Å². The summed E-state index contributed by atoms with van der Waals surface area (Å²) in [4.78, 5) is 3.84. The quantitative estimate of drug-likeness (QED) is 0.761. The molecule has 0 saturated carbocycles. The van der Waals surface area contributed by atoms with E-state index in [-0.39, 0.29) is 17.4 Å². The molecule has 0 spiro atoms. The summed E-state index contributed by atoms with van der Waals surface area (Å²) in [6.07, 6.45) is 0.255. The lowest BCUT2D eigenvalue weighted by atomic mass is 10.2. The highest BCUT2D eigenvalue weighted by molar-refractivity contribution is 6.29. The highest BCUT2D eigenvalue weighted by atomic mass is 35.5. The number of nitrogens with zero attached hydrogens (tertiary/aromatic N) is 1. The van der Waals surface area contributed by atoms with E-state index in [1.54, 1.807) is 0 Å². The molecule has 1 heterocycles. The topological polar surface area (TPSA) is 45.1 Å². The lowest BCUT2D eigenvalue weighted by molar-refractivity contribution is 0.167. The maximum absolute atomic E-state index is 13.2. The molecule has 3 nitrogen and oxygen atoms in total. The first-order chi connectivity index (χ1) is 7.13. The minimum atomic E-state index is -0.410. The van der Waals surface area contributed by atoms with Crippen LogP contribution in [0.15, 0.2) is 12.1 Å². The molecular formula is C10H14ClFN2O. The van der Waals surface area contributed by atoms with Crippen LogP contribution < -0.4 is 5.32 Å². The lowest BCUT2D eigenvalue weighted by Gasteiger charge is -2.09. The standard InChI is InChI=1S/C10H14ClFN2O/c1-2-7(15)5-13-6-9-8(12)3-4-10(11)14-9/h3-4,7,13,15H,2,5-6H2,1H3/t7-/m0/s1. The molecule has 84 valence electrons. The van der Waals surface area contributed by atoms with Crippen LogP contribution in [0, 0.1) is 5.82 Å². The molecule has 1 aromatic rings. The van der Waals surface area contributed by atoms with Gasteiger partial charge in [0.25, 0.3) is 0 Å². The molecule has 0 amide bonds. The summed E-state index contributed by atoms with van der Waals surface area (Å²) in [5, 5.41) is 12.4. The van der Waals surface area contributed by atoms with E-state index in [2.05, 4.69) is 10.3 Å². The Kier molecular flexibility index (Phi) is 4.94. The Morgan fingerprint density at radius 2 is 2.33 bits per heavy atom. The van der Waals surface area contributed by atoms with Crippen LogP contribution in [0.2, 0.25) is 5.15 Å². The Labute approximate surface area is 93.3 Å². The van der Waals surface area contributed by atoms with Crippen molar-refractivity contribution in [3.63, 3.8) is 0 Å². The number of nitrogens with one attached hydrogen (secondary N) is 1. The molecule has 0 saturated heterocycles. The Bertz CT molecular complexity index is 322. The second-order valence-electron chi connectivity index (χ2n) is 3.26. The van der Waals surface area contributed by atoms with Crippen LogP contribution >= 0.6 is 11.6 Å². The third kappa shape index (κ3) is 4.11. The summed E-state index contributed by atoms with van der Waals surface area (Å²) in [6, 6.07) is 2.68. The first kappa shape index (κ1) is 12.4. The van der Waals surface area contributed by atoms with Gasteiger partial charge in [-0.25, -0.2) is 9.37 Å². The number of aromatic nitrogens is 1. The third-order valence-electron chi connectivity index (χ3n) is 2.03. The number of aliphatic hydroxyl groups is 1. The molecule has 0 radical (unpaired) electrons. The second kappa shape index (κ2) is 6.00. The molecule has 1 atom stereocenters. The van der Waals surface area contributed by atoms with Crippen molar-refractivity contribution in [2.75, 3.05) is 6.54 Å². The predicted octanol–water partition coefficient (Wildman–Crippen LogP) is 1.73. The third-order valence-corrected chi connectivity index (χ3v) is 2.24. The molecule has 5 heteroatoms. The van der Waals surface area contributed by atoms with E-state index >= 15 is 0 Å². The van der Waals surface area contributed by atoms with Crippen LogP contribution in [0.5, 0.6) is 0 Å². The van der Waals surface area contributed by atoms with Gasteiger partial charge in [0.15, 0.2) is 0 Å². The predicted molar refractivity (Wildman–Crippen MR) is 57.2 cm³/mol. The van der Waals surface area contributed by atoms with Gasteiger partial charge in [0.2, 0.25) is 0 Å². The smallest absolute Gasteiger partial charge is 0.146 e. The Morgan fingerprint density at radius 3 is 3.00 bits per heavy atom. The van der Waals surface area contributed by atoms with Gasteiger partial charge in [0, 0.05) is 13.1 Å². The number of aliphatic hydroxyl groups excluding tert-OH is 1. The number of hydrogen-bond donors (Lipinski definition) is 2. The van der Waals surface area contributed by atoms with Crippen LogP contribution in [0.25, 0.3) is 0 Å². The fraction of sp³-hybridized carbons (Fsp3) is 0.500. The van der Waals surface area contributed by atoms with Crippen molar-refractivity contribution in [3.05, 3.63) is 28.8 Å². The molecule has 0 unspecified atom stereocenters. The molecule has 0 aromatic carbocycles. The van der Waals surface area contributed by atoms with Crippen molar-refractivity contribution in [1.82, 2.24) is 10.3 Å². The van der Waals surface area contributed by atoms with Crippen molar-refractivity contribution in [1.29, 1.82) is 0 Å². The number of halogens is 2. The van der Waals surface area contributed by atoms with Gasteiger partial charge in [-0.2, -0.15) is 0 Å². The fourth-order valence-electron chi connectivity index (χ4n) is 1.08. The maximum Gasteiger partial charge on any atom is 0.146 e. The molecule has 0 aliphatic rings. The molecule has 0 aliphatic carbocycles. The normalized spacial score (nSPS) is 12.8. The Balaban J connectivity index is 2.46. The van der Waals surface area contributed by atoms with Crippen LogP contribution in [-0.4, -0.2) is 22.7 Å². The lowest BCUT2D eigenvalue weighted by Crippen LogP contribution is -2.26. The van der Waals surface area contributed by atoms with Crippen molar-refractivity contribution in [2.24, 2.45) is 0 Å². The zero-order valence-electron chi connectivity index (χ0n) is 8.50. The van der Waals surface area contributed by atoms with Gasteiger partial charge in [-0.05, 0) is 18.6 Å². The zero-order chi connectivity index (χ0) is 11.3. The van der Waals surface area contributed by atoms with E-state index in [1.165, 1.54) is 12.1 Å². The van der Waals surface area contributed by atoms with E-state index in [0.717, 1.165) is 0 Å². The van der Waals surface area contributed by atoms with E-state index in [4.69, 9.17) is 11.6 Å². The molecule has 1 rings (SSSR count). The minimum Gasteiger partial charge on any atom is -0.392 e. The summed E-state index contributed by atoms with van der Waals surface area (Å²) in [5.41, 5.74) is 0.269. The van der Waals surface area contributed by atoms with Gasteiger partial charge >= 0.3 is 0 Å².